The number of aromatic nitrogens is 4. The second-order valence-electron chi connectivity index (χ2n) is 7.57. The Kier molecular flexibility index (Phi) is 2.73. The molecule has 0 atom stereocenters. The van der Waals surface area contributed by atoms with E-state index in [2.05, 4.69) is 15.3 Å². The molecule has 0 amide bonds. The maximum absolute atomic E-state index is 12.6. The van der Waals surface area contributed by atoms with E-state index in [4.69, 9.17) is 4.42 Å². The summed E-state index contributed by atoms with van der Waals surface area (Å²) in [5.41, 5.74) is 0.333. The summed E-state index contributed by atoms with van der Waals surface area (Å²) >= 11 is 0. The zero-order valence-corrected chi connectivity index (χ0v) is 12.7. The minimum absolute atomic E-state index is 0.0191. The molecule has 6 rings (SSSR count). The minimum atomic E-state index is -2.66. The topological polar surface area (TPSA) is 56.7 Å². The van der Waals surface area contributed by atoms with Crippen LogP contribution in [0.4, 0.5) is 8.78 Å². The first-order valence-electron chi connectivity index (χ1n) is 8.29. The Labute approximate surface area is 132 Å². The molecule has 2 aromatic heterocycles. The van der Waals surface area contributed by atoms with Crippen LogP contribution >= 0.6 is 0 Å². The molecule has 4 saturated carbocycles. The summed E-state index contributed by atoms with van der Waals surface area (Å²) in [5, 5.41) is 12.2. The van der Waals surface area contributed by atoms with E-state index in [0.29, 0.717) is 16.3 Å². The quantitative estimate of drug-likeness (QED) is 0.863. The van der Waals surface area contributed by atoms with Crippen LogP contribution in [0.5, 0.6) is 0 Å². The maximum atomic E-state index is 12.6. The van der Waals surface area contributed by atoms with Crippen LogP contribution in [-0.4, -0.2) is 20.0 Å². The number of halogens is 2. The second kappa shape index (κ2) is 4.61. The molecule has 0 aliphatic heterocycles. The first-order chi connectivity index (χ1) is 11.1. The molecule has 0 spiro atoms. The summed E-state index contributed by atoms with van der Waals surface area (Å²) in [6, 6.07) is 1.49. The van der Waals surface area contributed by atoms with E-state index in [1.54, 1.807) is 0 Å². The summed E-state index contributed by atoms with van der Waals surface area (Å²) in [6.07, 6.45) is 8.66. The Hall–Kier alpha value is -1.79. The van der Waals surface area contributed by atoms with Gasteiger partial charge in [0, 0.05) is 11.6 Å². The third-order valence-corrected chi connectivity index (χ3v) is 5.94. The van der Waals surface area contributed by atoms with Crippen molar-refractivity contribution in [1.29, 1.82) is 0 Å². The monoisotopic (exact) mass is 320 g/mol. The third kappa shape index (κ3) is 2.05. The second-order valence-corrected chi connectivity index (χ2v) is 7.57. The molecule has 122 valence electrons. The summed E-state index contributed by atoms with van der Waals surface area (Å²) in [6.45, 7) is -2.66. The first kappa shape index (κ1) is 13.6. The molecule has 0 radical (unpaired) electrons. The maximum Gasteiger partial charge on any atom is 0.333 e. The zero-order valence-electron chi connectivity index (χ0n) is 12.7. The predicted octanol–water partition coefficient (Wildman–Crippen LogP) is 3.80. The van der Waals surface area contributed by atoms with E-state index in [1.807, 2.05) is 0 Å². The van der Waals surface area contributed by atoms with Gasteiger partial charge in [-0.2, -0.15) is 13.9 Å². The van der Waals surface area contributed by atoms with Crippen LogP contribution in [0.3, 0.4) is 0 Å². The van der Waals surface area contributed by atoms with Crippen LogP contribution in [0.25, 0.3) is 11.6 Å². The van der Waals surface area contributed by atoms with Crippen molar-refractivity contribution in [2.24, 2.45) is 17.8 Å². The van der Waals surface area contributed by atoms with Crippen molar-refractivity contribution < 1.29 is 13.2 Å². The molecule has 4 bridgehead atoms. The normalized spacial score (nSPS) is 35.3. The molecule has 2 aromatic rings. The van der Waals surface area contributed by atoms with Gasteiger partial charge in [-0.25, -0.2) is 4.68 Å². The highest BCUT2D eigenvalue weighted by atomic mass is 19.3. The average molecular weight is 320 g/mol. The minimum Gasteiger partial charge on any atom is -0.419 e. The van der Waals surface area contributed by atoms with Crippen molar-refractivity contribution in [3.8, 4) is 11.6 Å². The Bertz CT molecular complexity index is 703. The van der Waals surface area contributed by atoms with Crippen molar-refractivity contribution in [2.75, 3.05) is 0 Å². The van der Waals surface area contributed by atoms with Gasteiger partial charge in [-0.15, -0.1) is 10.2 Å². The first-order valence-corrected chi connectivity index (χ1v) is 8.29. The van der Waals surface area contributed by atoms with Gasteiger partial charge in [0.05, 0.1) is 0 Å². The molecule has 2 heterocycles. The van der Waals surface area contributed by atoms with Gasteiger partial charge in [-0.1, -0.05) is 0 Å². The van der Waals surface area contributed by atoms with Crippen molar-refractivity contribution in [1.82, 2.24) is 20.0 Å². The lowest BCUT2D eigenvalue weighted by atomic mass is 9.49. The van der Waals surface area contributed by atoms with Crippen LogP contribution in [0.1, 0.15) is 51.0 Å². The van der Waals surface area contributed by atoms with Crippen molar-refractivity contribution in [3.63, 3.8) is 0 Å². The molecular weight excluding hydrogens is 302 g/mol. The van der Waals surface area contributed by atoms with E-state index in [1.165, 1.54) is 31.5 Å². The van der Waals surface area contributed by atoms with Gasteiger partial charge in [0.1, 0.15) is 5.69 Å². The molecule has 0 aromatic carbocycles. The van der Waals surface area contributed by atoms with Crippen molar-refractivity contribution in [2.45, 2.75) is 50.5 Å². The molecule has 4 aliphatic carbocycles. The van der Waals surface area contributed by atoms with Crippen LogP contribution in [0.15, 0.2) is 16.7 Å². The number of hydrogen-bond donors (Lipinski definition) is 0. The number of alkyl halides is 2. The molecule has 23 heavy (non-hydrogen) atoms. The molecule has 7 heteroatoms. The Morgan fingerprint density at radius 1 is 1.09 bits per heavy atom. The highest BCUT2D eigenvalue weighted by Crippen LogP contribution is 2.60. The standard InChI is InChI=1S/C16H18F2N4O/c17-15(18)22-2-1-12(21-22)13-19-20-14(23-13)16-6-9-3-10(7-16)5-11(4-9)8-16/h1-2,9-11,15H,3-8H2. The molecular formula is C16H18F2N4O. The molecule has 4 fully saturated rings. The number of nitrogens with zero attached hydrogens (tertiary/aromatic N) is 4. The lowest BCUT2D eigenvalue weighted by Crippen LogP contribution is -2.48. The summed E-state index contributed by atoms with van der Waals surface area (Å²) in [7, 11) is 0. The SMILES string of the molecule is FC(F)n1ccc(-c2nnc(C34CC5CC(CC(C5)C3)C4)o2)n1. The molecule has 0 N–H and O–H groups in total. The van der Waals surface area contributed by atoms with E-state index in [9.17, 15) is 8.78 Å². The van der Waals surface area contributed by atoms with Gasteiger partial charge in [0.15, 0.2) is 0 Å². The van der Waals surface area contributed by atoms with Gasteiger partial charge in [-0.05, 0) is 62.3 Å². The molecule has 5 nitrogen and oxygen atoms in total. The van der Waals surface area contributed by atoms with Crippen molar-refractivity contribution >= 4 is 0 Å². The van der Waals surface area contributed by atoms with Gasteiger partial charge in [0.2, 0.25) is 5.89 Å². The van der Waals surface area contributed by atoms with E-state index < -0.39 is 6.55 Å². The smallest absolute Gasteiger partial charge is 0.333 e. The van der Waals surface area contributed by atoms with E-state index in [0.717, 1.165) is 37.0 Å². The lowest BCUT2D eigenvalue weighted by Gasteiger charge is -2.55. The molecule has 0 unspecified atom stereocenters. The van der Waals surface area contributed by atoms with Crippen LogP contribution in [-0.2, 0) is 5.41 Å². The van der Waals surface area contributed by atoms with Gasteiger partial charge >= 0.3 is 6.55 Å². The lowest BCUT2D eigenvalue weighted by molar-refractivity contribution is -0.0176. The Morgan fingerprint density at radius 2 is 1.74 bits per heavy atom. The average Bonchev–Trinajstić information content (AvgIpc) is 3.15. The van der Waals surface area contributed by atoms with E-state index in [-0.39, 0.29) is 11.3 Å². The van der Waals surface area contributed by atoms with Gasteiger partial charge in [0.25, 0.3) is 5.89 Å². The third-order valence-electron chi connectivity index (χ3n) is 5.94. The Morgan fingerprint density at radius 3 is 2.30 bits per heavy atom. The molecule has 0 saturated heterocycles. The van der Waals surface area contributed by atoms with Gasteiger partial charge in [-0.3, -0.25) is 0 Å². The highest BCUT2D eigenvalue weighted by Gasteiger charge is 2.54. The molecule has 4 aliphatic rings. The fourth-order valence-corrected chi connectivity index (χ4v) is 5.47. The fraction of sp³-hybridized carbons (Fsp3) is 0.688. The largest absolute Gasteiger partial charge is 0.419 e. The van der Waals surface area contributed by atoms with Crippen LogP contribution in [0, 0.1) is 17.8 Å². The van der Waals surface area contributed by atoms with Crippen LogP contribution < -0.4 is 0 Å². The van der Waals surface area contributed by atoms with E-state index >= 15 is 0 Å². The summed E-state index contributed by atoms with van der Waals surface area (Å²) in [5.74, 6) is 3.30. The zero-order chi connectivity index (χ0) is 15.6. The van der Waals surface area contributed by atoms with Crippen LogP contribution in [0.2, 0.25) is 0 Å². The number of hydrogen-bond acceptors (Lipinski definition) is 4. The predicted molar refractivity (Wildman–Crippen MR) is 76.6 cm³/mol. The number of rotatable bonds is 3. The summed E-state index contributed by atoms with van der Waals surface area (Å²) < 4.78 is 31.8. The highest BCUT2D eigenvalue weighted by molar-refractivity contribution is 5.44. The fourth-order valence-electron chi connectivity index (χ4n) is 5.47. The Balaban J connectivity index is 1.47. The van der Waals surface area contributed by atoms with Gasteiger partial charge < -0.3 is 4.42 Å². The summed E-state index contributed by atoms with van der Waals surface area (Å²) in [4.78, 5) is 0. The van der Waals surface area contributed by atoms with Crippen molar-refractivity contribution in [3.05, 3.63) is 18.2 Å².